The molecule has 0 unspecified atom stereocenters. The zero-order valence-corrected chi connectivity index (χ0v) is 11.7. The maximum absolute atomic E-state index is 14.4. The van der Waals surface area contributed by atoms with Gasteiger partial charge in [0.15, 0.2) is 11.6 Å². The van der Waals surface area contributed by atoms with Gasteiger partial charge in [-0.25, -0.2) is 4.39 Å². The minimum Gasteiger partial charge on any atom is -0.493 e. The zero-order chi connectivity index (χ0) is 14.0. The van der Waals surface area contributed by atoms with E-state index in [1.165, 1.54) is 7.11 Å². The van der Waals surface area contributed by atoms with Crippen LogP contribution in [-0.4, -0.2) is 7.11 Å². The lowest BCUT2D eigenvalue weighted by molar-refractivity contribution is 0.412. The third-order valence-electron chi connectivity index (χ3n) is 2.75. The molecule has 0 spiro atoms. The molecule has 96 valence electrons. The van der Waals surface area contributed by atoms with Gasteiger partial charge in [-0.3, -0.25) is 0 Å². The summed E-state index contributed by atoms with van der Waals surface area (Å²) in [4.78, 5) is 0. The smallest absolute Gasteiger partial charge is 0.163 e. The van der Waals surface area contributed by atoms with Gasteiger partial charge >= 0.3 is 0 Å². The van der Waals surface area contributed by atoms with Crippen LogP contribution in [0.2, 0.25) is 0 Å². The summed E-state index contributed by atoms with van der Waals surface area (Å²) in [6, 6.07) is 10.9. The van der Waals surface area contributed by atoms with Crippen LogP contribution in [0.3, 0.4) is 0 Å². The Morgan fingerprint density at radius 3 is 2.47 bits per heavy atom. The number of halogens is 2. The lowest BCUT2D eigenvalue weighted by atomic mass is 10.0. The summed E-state index contributed by atoms with van der Waals surface area (Å²) in [5.74, 6) is -0.555. The van der Waals surface area contributed by atoms with Crippen LogP contribution in [-0.2, 0) is 0 Å². The van der Waals surface area contributed by atoms with Crippen LogP contribution < -0.4 is 10.5 Å². The van der Waals surface area contributed by atoms with E-state index in [4.69, 9.17) is 10.5 Å². The zero-order valence-electron chi connectivity index (χ0n) is 10.1. The molecule has 0 aliphatic heterocycles. The summed E-state index contributed by atoms with van der Waals surface area (Å²) in [5, 5.41) is 9.18. The van der Waals surface area contributed by atoms with E-state index in [2.05, 4.69) is 15.9 Å². The Bertz CT molecular complexity index is 666. The highest BCUT2D eigenvalue weighted by Gasteiger charge is 2.23. The van der Waals surface area contributed by atoms with E-state index in [1.54, 1.807) is 24.3 Å². The first kappa shape index (κ1) is 13.4. The van der Waals surface area contributed by atoms with Gasteiger partial charge in [0.1, 0.15) is 17.3 Å². The number of nitrogen functional groups attached to an aromatic ring is 1. The molecule has 19 heavy (non-hydrogen) atoms. The van der Waals surface area contributed by atoms with Crippen LogP contribution in [0, 0.1) is 17.1 Å². The van der Waals surface area contributed by atoms with Gasteiger partial charge in [-0.1, -0.05) is 30.3 Å². The van der Waals surface area contributed by atoms with Crippen molar-refractivity contribution in [3.8, 4) is 22.9 Å². The van der Waals surface area contributed by atoms with Gasteiger partial charge in [0, 0.05) is 5.56 Å². The minimum atomic E-state index is -0.603. The number of rotatable bonds is 2. The lowest BCUT2D eigenvalue weighted by Crippen LogP contribution is -2.02. The molecule has 5 heteroatoms. The average Bonchev–Trinajstić information content (AvgIpc) is 2.44. The highest BCUT2D eigenvalue weighted by atomic mass is 79.9. The Hall–Kier alpha value is -2.06. The van der Waals surface area contributed by atoms with Crippen molar-refractivity contribution in [3.63, 3.8) is 0 Å². The van der Waals surface area contributed by atoms with Gasteiger partial charge in [-0.2, -0.15) is 5.26 Å². The number of hydrogen-bond donors (Lipinski definition) is 1. The molecular weight excluding hydrogens is 311 g/mol. The Morgan fingerprint density at radius 1 is 1.32 bits per heavy atom. The molecule has 0 aliphatic rings. The van der Waals surface area contributed by atoms with Gasteiger partial charge in [0.25, 0.3) is 0 Å². The van der Waals surface area contributed by atoms with Gasteiger partial charge in [-0.15, -0.1) is 0 Å². The molecular formula is C14H10BrFN2O. The number of nitrogens with zero attached hydrogens (tertiary/aromatic N) is 1. The Kier molecular flexibility index (Phi) is 3.72. The topological polar surface area (TPSA) is 59.0 Å². The predicted octanol–water partition coefficient (Wildman–Crippen LogP) is 3.72. The third kappa shape index (κ3) is 2.15. The molecule has 0 atom stereocenters. The fourth-order valence-electron chi connectivity index (χ4n) is 1.86. The SMILES string of the molecule is COc1c(N)c(F)c(-c2ccccc2)c(Br)c1C#N. The van der Waals surface area contributed by atoms with E-state index >= 15 is 0 Å². The fraction of sp³-hybridized carbons (Fsp3) is 0.0714. The average molecular weight is 321 g/mol. The van der Waals surface area contributed by atoms with Crippen LogP contribution >= 0.6 is 15.9 Å². The molecule has 0 saturated carbocycles. The van der Waals surface area contributed by atoms with E-state index in [9.17, 15) is 9.65 Å². The maximum Gasteiger partial charge on any atom is 0.163 e. The molecule has 0 bridgehead atoms. The van der Waals surface area contributed by atoms with Crippen LogP contribution in [0.4, 0.5) is 10.1 Å². The van der Waals surface area contributed by atoms with Crippen LogP contribution in [0.15, 0.2) is 34.8 Å². The molecule has 2 aromatic rings. The quantitative estimate of drug-likeness (QED) is 0.858. The first-order valence-electron chi connectivity index (χ1n) is 5.41. The standard InChI is InChI=1S/C14H10BrFN2O/c1-19-14-9(7-17)11(15)10(12(16)13(14)18)8-5-3-2-4-6-8/h2-6H,18H2,1H3. The molecule has 0 aromatic heterocycles. The van der Waals surface area contributed by atoms with E-state index in [0.29, 0.717) is 10.0 Å². The molecule has 0 saturated heterocycles. The summed E-state index contributed by atoms with van der Waals surface area (Å²) in [6.45, 7) is 0. The van der Waals surface area contributed by atoms with E-state index in [-0.39, 0.29) is 22.6 Å². The monoisotopic (exact) mass is 320 g/mol. The molecule has 2 N–H and O–H groups in total. The number of nitriles is 1. The molecule has 2 aromatic carbocycles. The molecule has 0 radical (unpaired) electrons. The largest absolute Gasteiger partial charge is 0.493 e. The van der Waals surface area contributed by atoms with Crippen molar-refractivity contribution in [2.45, 2.75) is 0 Å². The summed E-state index contributed by atoms with van der Waals surface area (Å²) in [6.07, 6.45) is 0. The summed E-state index contributed by atoms with van der Waals surface area (Å²) in [5.41, 5.74) is 6.62. The maximum atomic E-state index is 14.4. The van der Waals surface area contributed by atoms with Crippen molar-refractivity contribution in [2.75, 3.05) is 12.8 Å². The van der Waals surface area contributed by atoms with E-state index in [0.717, 1.165) is 0 Å². The predicted molar refractivity (Wildman–Crippen MR) is 75.2 cm³/mol. The van der Waals surface area contributed by atoms with E-state index in [1.807, 2.05) is 12.1 Å². The summed E-state index contributed by atoms with van der Waals surface area (Å²) >= 11 is 3.26. The molecule has 3 nitrogen and oxygen atoms in total. The van der Waals surface area contributed by atoms with Crippen molar-refractivity contribution in [2.24, 2.45) is 0 Å². The Labute approximate surface area is 118 Å². The minimum absolute atomic E-state index is 0.0477. The molecule has 0 fully saturated rings. The first-order valence-corrected chi connectivity index (χ1v) is 6.21. The number of methoxy groups -OCH3 is 1. The molecule has 0 aliphatic carbocycles. The number of benzene rings is 2. The van der Waals surface area contributed by atoms with E-state index < -0.39 is 5.82 Å². The van der Waals surface area contributed by atoms with Crippen LogP contribution in [0.1, 0.15) is 5.56 Å². The Balaban J connectivity index is 2.84. The number of nitrogens with two attached hydrogens (primary N) is 1. The second kappa shape index (κ2) is 5.29. The molecule has 0 heterocycles. The van der Waals surface area contributed by atoms with Gasteiger partial charge in [-0.05, 0) is 21.5 Å². The molecule has 2 rings (SSSR count). The van der Waals surface area contributed by atoms with Gasteiger partial charge in [0.2, 0.25) is 0 Å². The van der Waals surface area contributed by atoms with Gasteiger partial charge in [0.05, 0.1) is 11.6 Å². The highest BCUT2D eigenvalue weighted by molar-refractivity contribution is 9.10. The lowest BCUT2D eigenvalue weighted by Gasteiger charge is -2.14. The van der Waals surface area contributed by atoms with Crippen molar-refractivity contribution in [1.29, 1.82) is 5.26 Å². The van der Waals surface area contributed by atoms with Crippen molar-refractivity contribution >= 4 is 21.6 Å². The highest BCUT2D eigenvalue weighted by Crippen LogP contribution is 2.42. The first-order chi connectivity index (χ1) is 9.11. The third-order valence-corrected chi connectivity index (χ3v) is 3.54. The van der Waals surface area contributed by atoms with Gasteiger partial charge < -0.3 is 10.5 Å². The second-order valence-corrected chi connectivity index (χ2v) is 4.60. The summed E-state index contributed by atoms with van der Waals surface area (Å²) in [7, 11) is 1.35. The number of hydrogen-bond acceptors (Lipinski definition) is 3. The van der Waals surface area contributed by atoms with Crippen molar-refractivity contribution < 1.29 is 9.13 Å². The fourth-order valence-corrected chi connectivity index (χ4v) is 2.53. The van der Waals surface area contributed by atoms with Crippen LogP contribution in [0.5, 0.6) is 5.75 Å². The Morgan fingerprint density at radius 2 is 1.95 bits per heavy atom. The number of anilines is 1. The van der Waals surface area contributed by atoms with Crippen molar-refractivity contribution in [1.82, 2.24) is 0 Å². The molecule has 0 amide bonds. The number of ether oxygens (including phenoxy) is 1. The van der Waals surface area contributed by atoms with Crippen molar-refractivity contribution in [3.05, 3.63) is 46.2 Å². The summed E-state index contributed by atoms with van der Waals surface area (Å²) < 4.78 is 19.7. The van der Waals surface area contributed by atoms with Crippen LogP contribution in [0.25, 0.3) is 11.1 Å². The second-order valence-electron chi connectivity index (χ2n) is 3.80. The normalized spacial score (nSPS) is 10.0.